The fraction of sp³-hybridized carbons (Fsp3) is 0.533. The first-order valence-electron chi connectivity index (χ1n) is 7.91. The third-order valence-corrected chi connectivity index (χ3v) is 8.29. The minimum absolute atomic E-state index is 0.0187. The second kappa shape index (κ2) is 7.61. The van der Waals surface area contributed by atoms with Gasteiger partial charge in [-0.2, -0.15) is 4.31 Å². The van der Waals surface area contributed by atoms with Crippen LogP contribution in [0.2, 0.25) is 5.02 Å². The SMILES string of the molecule is CCN(CC)S(=O)(=O)c1ccc(Cl)c(NC(=O)C2CCS(=O)(=O)C2)c1. The van der Waals surface area contributed by atoms with Gasteiger partial charge in [0.25, 0.3) is 0 Å². The van der Waals surface area contributed by atoms with Gasteiger partial charge in [-0.15, -0.1) is 0 Å². The number of sulfonamides is 1. The maximum Gasteiger partial charge on any atom is 0.243 e. The molecule has 1 aromatic carbocycles. The summed E-state index contributed by atoms with van der Waals surface area (Å²) in [5.41, 5.74) is 0.157. The number of hydrogen-bond acceptors (Lipinski definition) is 5. The van der Waals surface area contributed by atoms with Crippen LogP contribution in [0.25, 0.3) is 0 Å². The van der Waals surface area contributed by atoms with Gasteiger partial charge in [0.05, 0.1) is 33.0 Å². The van der Waals surface area contributed by atoms with E-state index in [-0.39, 0.29) is 33.5 Å². The molecular formula is C15H21ClN2O5S2. The lowest BCUT2D eigenvalue weighted by Crippen LogP contribution is -2.30. The van der Waals surface area contributed by atoms with Gasteiger partial charge in [0.2, 0.25) is 15.9 Å². The third kappa shape index (κ3) is 4.52. The Bertz CT molecular complexity index is 864. The van der Waals surface area contributed by atoms with Crippen LogP contribution in [0, 0.1) is 5.92 Å². The van der Waals surface area contributed by atoms with E-state index in [0.717, 1.165) is 0 Å². The molecule has 2 rings (SSSR count). The van der Waals surface area contributed by atoms with Gasteiger partial charge in [0.1, 0.15) is 0 Å². The Kier molecular flexibility index (Phi) is 6.13. The van der Waals surface area contributed by atoms with Crippen molar-refractivity contribution in [3.63, 3.8) is 0 Å². The molecule has 0 saturated carbocycles. The number of sulfone groups is 1. The molecule has 1 aliphatic rings. The lowest BCUT2D eigenvalue weighted by molar-refractivity contribution is -0.119. The molecule has 1 amide bonds. The van der Waals surface area contributed by atoms with Gasteiger partial charge in [0.15, 0.2) is 9.84 Å². The number of nitrogens with zero attached hydrogens (tertiary/aromatic N) is 1. The molecule has 0 spiro atoms. The largest absolute Gasteiger partial charge is 0.324 e. The highest BCUT2D eigenvalue weighted by atomic mass is 35.5. The Hall–Kier alpha value is -1.16. The number of carbonyl (C=O) groups excluding carboxylic acids is 1. The molecule has 0 radical (unpaired) electrons. The number of halogens is 1. The lowest BCUT2D eigenvalue weighted by Gasteiger charge is -2.19. The van der Waals surface area contributed by atoms with Crippen molar-refractivity contribution in [2.24, 2.45) is 5.92 Å². The molecule has 140 valence electrons. The summed E-state index contributed by atoms with van der Waals surface area (Å²) in [4.78, 5) is 12.3. The summed E-state index contributed by atoms with van der Waals surface area (Å²) in [6.07, 6.45) is 0.253. The van der Waals surface area contributed by atoms with Gasteiger partial charge < -0.3 is 5.32 Å². The van der Waals surface area contributed by atoms with E-state index in [1.54, 1.807) is 13.8 Å². The van der Waals surface area contributed by atoms with Crippen LogP contribution < -0.4 is 5.32 Å². The van der Waals surface area contributed by atoms with Crippen molar-refractivity contribution >= 4 is 43.1 Å². The van der Waals surface area contributed by atoms with Gasteiger partial charge in [-0.3, -0.25) is 4.79 Å². The van der Waals surface area contributed by atoms with E-state index in [9.17, 15) is 21.6 Å². The number of rotatable bonds is 6. The number of hydrogen-bond donors (Lipinski definition) is 1. The normalized spacial score (nSPS) is 19.9. The minimum atomic E-state index is -3.69. The first-order chi connectivity index (χ1) is 11.6. The Morgan fingerprint density at radius 1 is 1.32 bits per heavy atom. The first-order valence-corrected chi connectivity index (χ1v) is 11.6. The fourth-order valence-electron chi connectivity index (χ4n) is 2.71. The second-order valence-corrected chi connectivity index (χ2v) is 10.4. The molecule has 1 aromatic rings. The fourth-order valence-corrected chi connectivity index (χ4v) is 6.10. The van der Waals surface area contributed by atoms with Crippen molar-refractivity contribution in [2.45, 2.75) is 25.2 Å². The summed E-state index contributed by atoms with van der Waals surface area (Å²) in [5, 5.41) is 2.75. The van der Waals surface area contributed by atoms with E-state index in [1.165, 1.54) is 22.5 Å². The van der Waals surface area contributed by atoms with Crippen LogP contribution in [-0.4, -0.2) is 51.6 Å². The van der Waals surface area contributed by atoms with Crippen LogP contribution >= 0.6 is 11.6 Å². The standard InChI is InChI=1S/C15H21ClN2O5S2/c1-3-18(4-2)25(22,23)12-5-6-13(16)14(9-12)17-15(19)11-7-8-24(20,21)10-11/h5-6,9,11H,3-4,7-8,10H2,1-2H3,(H,17,19). The van der Waals surface area contributed by atoms with Gasteiger partial charge >= 0.3 is 0 Å². The maximum atomic E-state index is 12.6. The predicted molar refractivity (Wildman–Crippen MR) is 96.9 cm³/mol. The highest BCUT2D eigenvalue weighted by Gasteiger charge is 2.33. The number of benzene rings is 1. The van der Waals surface area contributed by atoms with Crippen molar-refractivity contribution in [1.82, 2.24) is 4.31 Å². The van der Waals surface area contributed by atoms with Crippen molar-refractivity contribution in [2.75, 3.05) is 29.9 Å². The van der Waals surface area contributed by atoms with Crippen LogP contribution in [0.1, 0.15) is 20.3 Å². The zero-order valence-electron chi connectivity index (χ0n) is 14.0. The Morgan fingerprint density at radius 2 is 1.96 bits per heavy atom. The van der Waals surface area contributed by atoms with E-state index in [0.29, 0.717) is 13.1 Å². The van der Waals surface area contributed by atoms with Crippen LogP contribution in [0.4, 0.5) is 5.69 Å². The Balaban J connectivity index is 2.26. The summed E-state index contributed by atoms with van der Waals surface area (Å²) < 4.78 is 49.5. The highest BCUT2D eigenvalue weighted by Crippen LogP contribution is 2.28. The number of amides is 1. The van der Waals surface area contributed by atoms with E-state index in [1.807, 2.05) is 0 Å². The first kappa shape index (κ1) is 20.2. The van der Waals surface area contributed by atoms with E-state index < -0.39 is 31.7 Å². The third-order valence-electron chi connectivity index (χ3n) is 4.14. The smallest absolute Gasteiger partial charge is 0.243 e. The molecule has 1 atom stereocenters. The molecule has 10 heteroatoms. The molecule has 0 bridgehead atoms. The maximum absolute atomic E-state index is 12.6. The van der Waals surface area contributed by atoms with E-state index >= 15 is 0 Å². The Labute approximate surface area is 153 Å². The predicted octanol–water partition coefficient (Wildman–Crippen LogP) is 1.74. The minimum Gasteiger partial charge on any atom is -0.324 e. The molecule has 1 aliphatic heterocycles. The quantitative estimate of drug-likeness (QED) is 0.772. The molecule has 0 aliphatic carbocycles. The molecule has 1 heterocycles. The summed E-state index contributed by atoms with van der Waals surface area (Å²) in [7, 11) is -6.88. The molecular weight excluding hydrogens is 388 g/mol. The van der Waals surface area contributed by atoms with Crippen molar-refractivity contribution < 1.29 is 21.6 Å². The van der Waals surface area contributed by atoms with Gasteiger partial charge in [-0.25, -0.2) is 16.8 Å². The average molecular weight is 409 g/mol. The summed E-state index contributed by atoms with van der Waals surface area (Å²) in [6, 6.07) is 4.09. The monoisotopic (exact) mass is 408 g/mol. The number of nitrogens with one attached hydrogen (secondary N) is 1. The van der Waals surface area contributed by atoms with Gasteiger partial charge in [-0.05, 0) is 24.6 Å². The van der Waals surface area contributed by atoms with Crippen LogP contribution in [0.3, 0.4) is 0 Å². The highest BCUT2D eigenvalue weighted by molar-refractivity contribution is 7.91. The summed E-state index contributed by atoms with van der Waals surface area (Å²) in [5.74, 6) is -1.34. The lowest BCUT2D eigenvalue weighted by atomic mass is 10.1. The summed E-state index contributed by atoms with van der Waals surface area (Å²) in [6.45, 7) is 4.12. The topological polar surface area (TPSA) is 101 Å². The van der Waals surface area contributed by atoms with Crippen LogP contribution in [-0.2, 0) is 24.7 Å². The van der Waals surface area contributed by atoms with Crippen molar-refractivity contribution in [3.05, 3.63) is 23.2 Å². The number of anilines is 1. The molecule has 25 heavy (non-hydrogen) atoms. The molecule has 1 N–H and O–H groups in total. The summed E-state index contributed by atoms with van der Waals surface area (Å²) >= 11 is 6.06. The molecule has 1 saturated heterocycles. The van der Waals surface area contributed by atoms with E-state index in [4.69, 9.17) is 11.6 Å². The number of carbonyl (C=O) groups is 1. The van der Waals surface area contributed by atoms with Crippen molar-refractivity contribution in [1.29, 1.82) is 0 Å². The van der Waals surface area contributed by atoms with Gasteiger partial charge in [-0.1, -0.05) is 25.4 Å². The van der Waals surface area contributed by atoms with Crippen LogP contribution in [0.15, 0.2) is 23.1 Å². The van der Waals surface area contributed by atoms with Crippen LogP contribution in [0.5, 0.6) is 0 Å². The molecule has 0 aromatic heterocycles. The van der Waals surface area contributed by atoms with E-state index in [2.05, 4.69) is 5.32 Å². The molecule has 7 nitrogen and oxygen atoms in total. The molecule has 1 unspecified atom stereocenters. The average Bonchev–Trinajstić information content (AvgIpc) is 2.90. The molecule has 1 fully saturated rings. The zero-order valence-corrected chi connectivity index (χ0v) is 16.4. The Morgan fingerprint density at radius 3 is 2.48 bits per heavy atom. The van der Waals surface area contributed by atoms with Gasteiger partial charge in [0, 0.05) is 13.1 Å². The zero-order chi connectivity index (χ0) is 18.8. The second-order valence-electron chi connectivity index (χ2n) is 5.82. The van der Waals surface area contributed by atoms with Crippen molar-refractivity contribution in [3.8, 4) is 0 Å².